The standard InChI is InChI=1S/C11H19N3O3S/c1-13(2)10(17)14-5-3-11(4-6-14)12-8(7-18-11)9(15)16/h8,12H,3-7H2,1-2H3,(H,15,16)/t8-/m0/s1. The number of carbonyl (C=O) groups excluding carboxylic acids is 1. The molecule has 7 heteroatoms. The molecule has 2 aliphatic heterocycles. The fourth-order valence-corrected chi connectivity index (χ4v) is 3.82. The molecule has 0 aromatic rings. The Hall–Kier alpha value is -0.950. The minimum atomic E-state index is -0.786. The van der Waals surface area contributed by atoms with Gasteiger partial charge >= 0.3 is 12.0 Å². The Morgan fingerprint density at radius 3 is 2.44 bits per heavy atom. The van der Waals surface area contributed by atoms with Crippen molar-refractivity contribution >= 4 is 23.8 Å². The van der Waals surface area contributed by atoms with Gasteiger partial charge in [0.05, 0.1) is 4.87 Å². The lowest BCUT2D eigenvalue weighted by Crippen LogP contribution is -2.54. The van der Waals surface area contributed by atoms with E-state index in [1.165, 1.54) is 0 Å². The molecule has 0 bridgehead atoms. The number of aliphatic carboxylic acids is 1. The second-order valence-electron chi connectivity index (χ2n) is 5.00. The van der Waals surface area contributed by atoms with Crippen molar-refractivity contribution in [2.45, 2.75) is 23.8 Å². The summed E-state index contributed by atoms with van der Waals surface area (Å²) in [5.41, 5.74) is 0. The van der Waals surface area contributed by atoms with Gasteiger partial charge in [-0.1, -0.05) is 0 Å². The highest BCUT2D eigenvalue weighted by Gasteiger charge is 2.44. The molecule has 0 aromatic heterocycles. The fourth-order valence-electron chi connectivity index (χ4n) is 2.41. The number of piperidine rings is 1. The molecule has 18 heavy (non-hydrogen) atoms. The van der Waals surface area contributed by atoms with Crippen molar-refractivity contribution in [2.24, 2.45) is 0 Å². The van der Waals surface area contributed by atoms with Crippen LogP contribution in [0.1, 0.15) is 12.8 Å². The number of urea groups is 1. The highest BCUT2D eigenvalue weighted by molar-refractivity contribution is 8.01. The van der Waals surface area contributed by atoms with Gasteiger partial charge in [-0.3, -0.25) is 10.1 Å². The maximum absolute atomic E-state index is 11.8. The average molecular weight is 273 g/mol. The summed E-state index contributed by atoms with van der Waals surface area (Å²) in [4.78, 5) is 26.0. The minimum absolute atomic E-state index is 0.0302. The van der Waals surface area contributed by atoms with E-state index in [9.17, 15) is 9.59 Å². The van der Waals surface area contributed by atoms with Crippen molar-refractivity contribution in [3.63, 3.8) is 0 Å². The number of rotatable bonds is 1. The molecule has 2 amide bonds. The van der Waals surface area contributed by atoms with E-state index in [1.807, 2.05) is 4.90 Å². The molecule has 6 nitrogen and oxygen atoms in total. The van der Waals surface area contributed by atoms with Gasteiger partial charge in [-0.2, -0.15) is 0 Å². The number of carboxylic acid groups (broad SMARTS) is 1. The van der Waals surface area contributed by atoms with Gasteiger partial charge in [-0.25, -0.2) is 4.79 Å². The van der Waals surface area contributed by atoms with E-state index in [0.717, 1.165) is 12.8 Å². The summed E-state index contributed by atoms with van der Waals surface area (Å²) in [5, 5.41) is 12.2. The van der Waals surface area contributed by atoms with E-state index in [-0.39, 0.29) is 10.9 Å². The largest absolute Gasteiger partial charge is 0.480 e. The van der Waals surface area contributed by atoms with Crippen LogP contribution in [0, 0.1) is 0 Å². The molecule has 2 rings (SSSR count). The molecule has 1 atom stereocenters. The first-order valence-corrected chi connectivity index (χ1v) is 7.03. The van der Waals surface area contributed by atoms with Crippen LogP contribution in [0.25, 0.3) is 0 Å². The Morgan fingerprint density at radius 1 is 1.39 bits per heavy atom. The normalized spacial score (nSPS) is 26.3. The average Bonchev–Trinajstić information content (AvgIpc) is 2.74. The SMILES string of the molecule is CN(C)C(=O)N1CCC2(CC1)N[C@H](C(=O)O)CS2. The van der Waals surface area contributed by atoms with Gasteiger partial charge in [0, 0.05) is 32.9 Å². The number of nitrogens with one attached hydrogen (secondary N) is 1. The lowest BCUT2D eigenvalue weighted by Gasteiger charge is -2.39. The first-order valence-electron chi connectivity index (χ1n) is 6.04. The number of likely N-dealkylation sites (tertiary alicyclic amines) is 1. The zero-order valence-corrected chi connectivity index (χ0v) is 11.5. The van der Waals surface area contributed by atoms with Gasteiger partial charge in [0.15, 0.2) is 0 Å². The molecule has 102 valence electrons. The van der Waals surface area contributed by atoms with Gasteiger partial charge < -0.3 is 14.9 Å². The van der Waals surface area contributed by atoms with Crippen molar-refractivity contribution < 1.29 is 14.7 Å². The highest BCUT2D eigenvalue weighted by atomic mass is 32.2. The summed E-state index contributed by atoms with van der Waals surface area (Å²) < 4.78 is 0. The fraction of sp³-hybridized carbons (Fsp3) is 0.818. The smallest absolute Gasteiger partial charge is 0.321 e. The van der Waals surface area contributed by atoms with Crippen molar-refractivity contribution in [1.29, 1.82) is 0 Å². The molecule has 2 fully saturated rings. The van der Waals surface area contributed by atoms with E-state index in [4.69, 9.17) is 5.11 Å². The molecule has 0 radical (unpaired) electrons. The molecule has 2 aliphatic rings. The van der Waals surface area contributed by atoms with Crippen LogP contribution in [0.4, 0.5) is 4.79 Å². The Bertz CT molecular complexity index is 353. The van der Waals surface area contributed by atoms with Crippen LogP contribution in [0.3, 0.4) is 0 Å². The number of nitrogens with zero attached hydrogens (tertiary/aromatic N) is 2. The Labute approximate surface area is 111 Å². The molecule has 2 heterocycles. The number of amides is 2. The predicted molar refractivity (Wildman–Crippen MR) is 69.6 cm³/mol. The summed E-state index contributed by atoms with van der Waals surface area (Å²) in [6.45, 7) is 1.37. The van der Waals surface area contributed by atoms with E-state index in [2.05, 4.69) is 5.32 Å². The first-order chi connectivity index (χ1) is 8.43. The van der Waals surface area contributed by atoms with Crippen LogP contribution in [-0.4, -0.2) is 70.8 Å². The summed E-state index contributed by atoms with van der Waals surface area (Å²) in [6, 6.07) is -0.422. The maximum Gasteiger partial charge on any atom is 0.321 e. The lowest BCUT2D eigenvalue weighted by atomic mass is 10.0. The zero-order chi connectivity index (χ0) is 13.3. The van der Waals surface area contributed by atoms with E-state index >= 15 is 0 Å². The van der Waals surface area contributed by atoms with Gasteiger partial charge in [0.1, 0.15) is 6.04 Å². The van der Waals surface area contributed by atoms with Crippen LogP contribution in [-0.2, 0) is 4.79 Å². The quantitative estimate of drug-likeness (QED) is 0.716. The molecule has 1 spiro atoms. The number of carbonyl (C=O) groups is 2. The Morgan fingerprint density at radius 2 is 2.00 bits per heavy atom. The molecule has 0 unspecified atom stereocenters. The maximum atomic E-state index is 11.8. The molecule has 0 aromatic carbocycles. The number of thioether (sulfide) groups is 1. The summed E-state index contributed by atoms with van der Waals surface area (Å²) in [7, 11) is 3.49. The monoisotopic (exact) mass is 273 g/mol. The number of hydrogen-bond donors (Lipinski definition) is 2. The topological polar surface area (TPSA) is 72.9 Å². The summed E-state index contributed by atoms with van der Waals surface area (Å²) >= 11 is 1.68. The van der Waals surface area contributed by atoms with Gasteiger partial charge in [0.2, 0.25) is 0 Å². The van der Waals surface area contributed by atoms with Crippen LogP contribution in [0.2, 0.25) is 0 Å². The summed E-state index contributed by atoms with van der Waals surface area (Å²) in [5.74, 6) is -0.178. The van der Waals surface area contributed by atoms with Crippen molar-refractivity contribution in [2.75, 3.05) is 32.9 Å². The molecular weight excluding hydrogens is 254 g/mol. The number of hydrogen-bond acceptors (Lipinski definition) is 4. The minimum Gasteiger partial charge on any atom is -0.480 e. The molecule has 2 saturated heterocycles. The van der Waals surface area contributed by atoms with Crippen LogP contribution in [0.5, 0.6) is 0 Å². The predicted octanol–water partition coefficient (Wildman–Crippen LogP) is 0.250. The van der Waals surface area contributed by atoms with E-state index in [0.29, 0.717) is 18.8 Å². The third kappa shape index (κ3) is 2.56. The third-order valence-electron chi connectivity index (χ3n) is 3.49. The summed E-state index contributed by atoms with van der Waals surface area (Å²) in [6.07, 6.45) is 1.61. The Kier molecular flexibility index (Phi) is 3.72. The van der Waals surface area contributed by atoms with E-state index in [1.54, 1.807) is 30.8 Å². The lowest BCUT2D eigenvalue weighted by molar-refractivity contribution is -0.139. The van der Waals surface area contributed by atoms with Gasteiger partial charge in [0.25, 0.3) is 0 Å². The van der Waals surface area contributed by atoms with Gasteiger partial charge in [-0.15, -0.1) is 11.8 Å². The zero-order valence-electron chi connectivity index (χ0n) is 10.7. The second kappa shape index (κ2) is 4.97. The van der Waals surface area contributed by atoms with E-state index < -0.39 is 12.0 Å². The van der Waals surface area contributed by atoms with Crippen molar-refractivity contribution in [3.8, 4) is 0 Å². The van der Waals surface area contributed by atoms with Crippen molar-refractivity contribution in [3.05, 3.63) is 0 Å². The Balaban J connectivity index is 1.91. The van der Waals surface area contributed by atoms with Crippen LogP contribution in [0.15, 0.2) is 0 Å². The first kappa shape index (κ1) is 13.5. The highest BCUT2D eigenvalue weighted by Crippen LogP contribution is 2.39. The van der Waals surface area contributed by atoms with Crippen LogP contribution >= 0.6 is 11.8 Å². The molecule has 0 saturated carbocycles. The molecule has 2 N–H and O–H groups in total. The third-order valence-corrected chi connectivity index (χ3v) is 5.06. The van der Waals surface area contributed by atoms with Gasteiger partial charge in [-0.05, 0) is 12.8 Å². The van der Waals surface area contributed by atoms with Crippen LogP contribution < -0.4 is 5.32 Å². The van der Waals surface area contributed by atoms with Crippen molar-refractivity contribution in [1.82, 2.24) is 15.1 Å². The second-order valence-corrected chi connectivity index (χ2v) is 6.41. The molecular formula is C11H19N3O3S. The molecule has 0 aliphatic carbocycles. The number of carboxylic acids is 1.